The Morgan fingerprint density at radius 3 is 2.17 bits per heavy atom. The fourth-order valence-electron chi connectivity index (χ4n) is 2.81. The highest BCUT2D eigenvalue weighted by molar-refractivity contribution is 6.06. The molecule has 0 bridgehead atoms. The van der Waals surface area contributed by atoms with Gasteiger partial charge in [-0.05, 0) is 61.4 Å². The van der Waals surface area contributed by atoms with Crippen molar-refractivity contribution in [1.82, 2.24) is 0 Å². The van der Waals surface area contributed by atoms with Crippen LogP contribution in [0.5, 0.6) is 5.75 Å². The van der Waals surface area contributed by atoms with Crippen LogP contribution in [0.25, 0.3) is 0 Å². The Labute approximate surface area is 169 Å². The molecule has 148 valence electrons. The molecule has 6 nitrogen and oxygen atoms in total. The molecule has 0 fully saturated rings. The van der Waals surface area contributed by atoms with E-state index in [0.717, 1.165) is 11.1 Å². The Hall–Kier alpha value is -3.80. The average molecular weight is 389 g/mol. The van der Waals surface area contributed by atoms with Crippen molar-refractivity contribution in [3.63, 3.8) is 0 Å². The maximum Gasteiger partial charge on any atom is 0.323 e. The van der Waals surface area contributed by atoms with E-state index in [1.54, 1.807) is 43.5 Å². The normalized spacial score (nSPS) is 10.2. The van der Waals surface area contributed by atoms with Crippen molar-refractivity contribution in [3.05, 3.63) is 83.4 Å². The van der Waals surface area contributed by atoms with E-state index in [1.165, 1.54) is 0 Å². The topological polar surface area (TPSA) is 79.5 Å². The quantitative estimate of drug-likeness (QED) is 0.560. The van der Waals surface area contributed by atoms with Crippen molar-refractivity contribution in [2.75, 3.05) is 23.1 Å². The Kier molecular flexibility index (Phi) is 6.14. The van der Waals surface area contributed by atoms with Gasteiger partial charge in [0.1, 0.15) is 5.75 Å². The van der Waals surface area contributed by atoms with Gasteiger partial charge in [-0.3, -0.25) is 4.79 Å². The highest BCUT2D eigenvalue weighted by Crippen LogP contribution is 2.23. The lowest BCUT2D eigenvalue weighted by atomic mass is 10.1. The molecule has 0 aliphatic carbocycles. The van der Waals surface area contributed by atoms with Crippen LogP contribution in [0, 0.1) is 13.8 Å². The number of aryl methyl sites for hydroxylation is 2. The lowest BCUT2D eigenvalue weighted by molar-refractivity contribution is 0.102. The van der Waals surface area contributed by atoms with E-state index in [2.05, 4.69) is 16.0 Å². The summed E-state index contributed by atoms with van der Waals surface area (Å²) in [5, 5.41) is 8.43. The first kappa shape index (κ1) is 19.9. The van der Waals surface area contributed by atoms with E-state index in [4.69, 9.17) is 4.74 Å². The lowest BCUT2D eigenvalue weighted by Gasteiger charge is -2.13. The van der Waals surface area contributed by atoms with Crippen molar-refractivity contribution in [2.24, 2.45) is 0 Å². The lowest BCUT2D eigenvalue weighted by Crippen LogP contribution is -2.19. The Balaban J connectivity index is 1.72. The second-order valence-electron chi connectivity index (χ2n) is 6.61. The number of anilines is 3. The number of hydrogen-bond acceptors (Lipinski definition) is 3. The number of benzene rings is 3. The van der Waals surface area contributed by atoms with Crippen molar-refractivity contribution >= 4 is 29.0 Å². The number of nitrogens with one attached hydrogen (secondary N) is 3. The van der Waals surface area contributed by atoms with E-state index in [-0.39, 0.29) is 11.9 Å². The molecule has 0 aliphatic rings. The molecule has 0 atom stereocenters. The number of methoxy groups -OCH3 is 1. The van der Waals surface area contributed by atoms with E-state index in [0.29, 0.717) is 28.4 Å². The molecule has 0 radical (unpaired) electrons. The third-order valence-electron chi connectivity index (χ3n) is 4.45. The third kappa shape index (κ3) is 5.13. The number of rotatable bonds is 5. The zero-order valence-electron chi connectivity index (χ0n) is 16.6. The van der Waals surface area contributed by atoms with Crippen LogP contribution in [-0.2, 0) is 0 Å². The molecule has 0 aromatic heterocycles. The van der Waals surface area contributed by atoms with Gasteiger partial charge in [0.25, 0.3) is 5.91 Å². The van der Waals surface area contributed by atoms with E-state index >= 15 is 0 Å². The van der Waals surface area contributed by atoms with Crippen LogP contribution in [-0.4, -0.2) is 19.0 Å². The molecule has 0 unspecified atom stereocenters. The molecule has 6 heteroatoms. The SMILES string of the molecule is COc1cc(C(=O)Nc2cc(NC(=O)Nc3ccccc3)ccc2C)ccc1C. The predicted octanol–water partition coefficient (Wildman–Crippen LogP) is 5.21. The number of ether oxygens (including phenoxy) is 1. The highest BCUT2D eigenvalue weighted by atomic mass is 16.5. The first-order chi connectivity index (χ1) is 14.0. The van der Waals surface area contributed by atoms with Gasteiger partial charge >= 0.3 is 6.03 Å². The summed E-state index contributed by atoms with van der Waals surface area (Å²) >= 11 is 0. The number of carbonyl (C=O) groups excluding carboxylic acids is 2. The standard InChI is InChI=1S/C23H23N3O3/c1-15-10-12-19(25-23(28)24-18-7-5-4-6-8-18)14-20(15)26-22(27)17-11-9-16(2)21(13-17)29-3/h4-14H,1-3H3,(H,26,27)(H2,24,25,28). The van der Waals surface area contributed by atoms with E-state index in [9.17, 15) is 9.59 Å². The van der Waals surface area contributed by atoms with Crippen molar-refractivity contribution in [1.29, 1.82) is 0 Å². The van der Waals surface area contributed by atoms with Crippen LogP contribution in [0.3, 0.4) is 0 Å². The summed E-state index contributed by atoms with van der Waals surface area (Å²) in [6.45, 7) is 3.81. The molecule has 3 aromatic rings. The van der Waals surface area contributed by atoms with Gasteiger partial charge in [-0.15, -0.1) is 0 Å². The maximum atomic E-state index is 12.7. The monoisotopic (exact) mass is 389 g/mol. The molecule has 0 heterocycles. The van der Waals surface area contributed by atoms with Gasteiger partial charge < -0.3 is 20.7 Å². The highest BCUT2D eigenvalue weighted by Gasteiger charge is 2.11. The van der Waals surface area contributed by atoms with Crippen LogP contribution >= 0.6 is 0 Å². The number of amides is 3. The summed E-state index contributed by atoms with van der Waals surface area (Å²) in [5.41, 5.74) is 4.21. The Morgan fingerprint density at radius 1 is 0.759 bits per heavy atom. The molecule has 0 aliphatic heterocycles. The maximum absolute atomic E-state index is 12.7. The van der Waals surface area contributed by atoms with Crippen LogP contribution in [0.4, 0.5) is 21.9 Å². The van der Waals surface area contributed by atoms with Gasteiger partial charge in [-0.2, -0.15) is 0 Å². The molecular weight excluding hydrogens is 366 g/mol. The van der Waals surface area contributed by atoms with Gasteiger partial charge in [0.2, 0.25) is 0 Å². The fraction of sp³-hybridized carbons (Fsp3) is 0.130. The van der Waals surface area contributed by atoms with Crippen LogP contribution in [0.2, 0.25) is 0 Å². The van der Waals surface area contributed by atoms with Gasteiger partial charge in [-0.25, -0.2) is 4.79 Å². The number of urea groups is 1. The first-order valence-electron chi connectivity index (χ1n) is 9.16. The summed E-state index contributed by atoms with van der Waals surface area (Å²) < 4.78 is 5.29. The van der Waals surface area contributed by atoms with Crippen molar-refractivity contribution in [3.8, 4) is 5.75 Å². The molecule has 0 spiro atoms. The van der Waals surface area contributed by atoms with Crippen LogP contribution in [0.15, 0.2) is 66.7 Å². The van der Waals surface area contributed by atoms with E-state index < -0.39 is 0 Å². The summed E-state index contributed by atoms with van der Waals surface area (Å²) in [7, 11) is 1.57. The molecule has 3 rings (SSSR count). The minimum Gasteiger partial charge on any atom is -0.496 e. The van der Waals surface area contributed by atoms with Gasteiger partial charge in [0, 0.05) is 22.6 Å². The predicted molar refractivity (Wildman–Crippen MR) is 116 cm³/mol. The number of hydrogen-bond donors (Lipinski definition) is 3. The molecule has 3 amide bonds. The molecule has 3 N–H and O–H groups in total. The Morgan fingerprint density at radius 2 is 1.45 bits per heavy atom. The smallest absolute Gasteiger partial charge is 0.323 e. The van der Waals surface area contributed by atoms with Crippen molar-refractivity contribution < 1.29 is 14.3 Å². The second kappa shape index (κ2) is 8.93. The third-order valence-corrected chi connectivity index (χ3v) is 4.45. The number of para-hydroxylation sites is 1. The first-order valence-corrected chi connectivity index (χ1v) is 9.16. The van der Waals surface area contributed by atoms with Gasteiger partial charge in [-0.1, -0.05) is 30.3 Å². The zero-order chi connectivity index (χ0) is 20.8. The Bertz CT molecular complexity index is 1030. The summed E-state index contributed by atoms with van der Waals surface area (Å²) in [5.74, 6) is 0.402. The van der Waals surface area contributed by atoms with Crippen LogP contribution < -0.4 is 20.7 Å². The number of carbonyl (C=O) groups is 2. The zero-order valence-corrected chi connectivity index (χ0v) is 16.6. The summed E-state index contributed by atoms with van der Waals surface area (Å²) in [6, 6.07) is 19.4. The van der Waals surface area contributed by atoms with E-state index in [1.807, 2.05) is 44.2 Å². The minimum atomic E-state index is -0.361. The molecule has 0 saturated heterocycles. The van der Waals surface area contributed by atoms with Gasteiger partial charge in [0.15, 0.2) is 0 Å². The van der Waals surface area contributed by atoms with Gasteiger partial charge in [0.05, 0.1) is 7.11 Å². The largest absolute Gasteiger partial charge is 0.496 e. The minimum absolute atomic E-state index is 0.253. The van der Waals surface area contributed by atoms with Crippen LogP contribution in [0.1, 0.15) is 21.5 Å². The van der Waals surface area contributed by atoms with Crippen molar-refractivity contribution in [2.45, 2.75) is 13.8 Å². The summed E-state index contributed by atoms with van der Waals surface area (Å²) in [6.07, 6.45) is 0. The molecule has 3 aromatic carbocycles. The molecule has 0 saturated carbocycles. The molecular formula is C23H23N3O3. The molecule has 29 heavy (non-hydrogen) atoms. The average Bonchev–Trinajstić information content (AvgIpc) is 2.71. The fourth-order valence-corrected chi connectivity index (χ4v) is 2.81. The second-order valence-corrected chi connectivity index (χ2v) is 6.61. The summed E-state index contributed by atoms with van der Waals surface area (Å²) in [4.78, 5) is 24.9.